The summed E-state index contributed by atoms with van der Waals surface area (Å²) in [6, 6.07) is 1.64. The molecule has 1 fully saturated rings. The Bertz CT molecular complexity index is 385. The van der Waals surface area contributed by atoms with Crippen molar-refractivity contribution in [2.75, 3.05) is 19.6 Å². The van der Waals surface area contributed by atoms with Crippen LogP contribution >= 0.6 is 12.4 Å². The lowest BCUT2D eigenvalue weighted by molar-refractivity contribution is 0.0558. The Kier molecular flexibility index (Phi) is 5.07. The smallest absolute Gasteiger partial charge is 0.330 e. The van der Waals surface area contributed by atoms with Gasteiger partial charge in [0.2, 0.25) is 0 Å². The van der Waals surface area contributed by atoms with Gasteiger partial charge in [-0.15, -0.1) is 12.4 Å². The van der Waals surface area contributed by atoms with Gasteiger partial charge >= 0.3 is 6.55 Å². The molecule has 0 radical (unpaired) electrons. The summed E-state index contributed by atoms with van der Waals surface area (Å²) in [4.78, 5) is 2.21. The highest BCUT2D eigenvalue weighted by Gasteiger charge is 2.32. The lowest BCUT2D eigenvalue weighted by atomic mass is 9.90. The van der Waals surface area contributed by atoms with Gasteiger partial charge in [-0.05, 0) is 31.0 Å². The third-order valence-electron chi connectivity index (χ3n) is 3.38. The van der Waals surface area contributed by atoms with E-state index in [1.807, 2.05) is 0 Å². The first kappa shape index (κ1) is 15.3. The summed E-state index contributed by atoms with van der Waals surface area (Å²) in [6.45, 7) is 2.74. The Morgan fingerprint density at radius 1 is 1.56 bits per heavy atom. The van der Waals surface area contributed by atoms with Crippen LogP contribution in [0.5, 0.6) is 0 Å². The average molecular weight is 281 g/mol. The second kappa shape index (κ2) is 5.95. The highest BCUT2D eigenvalue weighted by molar-refractivity contribution is 5.85. The van der Waals surface area contributed by atoms with Crippen LogP contribution in [0.2, 0.25) is 0 Å². The lowest BCUT2D eigenvalue weighted by Gasteiger charge is -2.22. The number of nitrogens with zero attached hydrogens (tertiary/aromatic N) is 3. The Hall–Kier alpha value is -0.720. The standard InChI is InChI=1S/C11H18F2N4.ClH/c1-11(7-14)3-5-16(8-11)6-9-2-4-17(15-9)10(12)13;/h2,4,10H,3,5-8,14H2,1H3;1H. The van der Waals surface area contributed by atoms with Crippen molar-refractivity contribution >= 4 is 12.4 Å². The van der Waals surface area contributed by atoms with E-state index in [1.165, 1.54) is 6.20 Å². The Balaban J connectivity index is 0.00000162. The number of halogens is 3. The number of hydrogen-bond acceptors (Lipinski definition) is 3. The van der Waals surface area contributed by atoms with Crippen LogP contribution in [0.25, 0.3) is 0 Å². The maximum atomic E-state index is 12.3. The van der Waals surface area contributed by atoms with E-state index in [2.05, 4.69) is 16.9 Å². The number of aromatic nitrogens is 2. The molecule has 2 heterocycles. The van der Waals surface area contributed by atoms with E-state index in [-0.39, 0.29) is 17.8 Å². The van der Waals surface area contributed by atoms with E-state index < -0.39 is 6.55 Å². The molecule has 1 unspecified atom stereocenters. The van der Waals surface area contributed by atoms with E-state index >= 15 is 0 Å². The average Bonchev–Trinajstić information content (AvgIpc) is 2.87. The normalized spacial score (nSPS) is 24.5. The summed E-state index contributed by atoms with van der Waals surface area (Å²) in [6.07, 6.45) is 2.37. The van der Waals surface area contributed by atoms with E-state index in [0.717, 1.165) is 19.5 Å². The molecule has 18 heavy (non-hydrogen) atoms. The van der Waals surface area contributed by atoms with Gasteiger partial charge in [-0.1, -0.05) is 6.92 Å². The first-order valence-electron chi connectivity index (χ1n) is 5.77. The van der Waals surface area contributed by atoms with Crippen molar-refractivity contribution in [3.63, 3.8) is 0 Å². The minimum atomic E-state index is -2.56. The van der Waals surface area contributed by atoms with Crippen LogP contribution in [0.4, 0.5) is 8.78 Å². The van der Waals surface area contributed by atoms with Crippen molar-refractivity contribution in [3.05, 3.63) is 18.0 Å². The van der Waals surface area contributed by atoms with Gasteiger partial charge in [-0.3, -0.25) is 4.90 Å². The highest BCUT2D eigenvalue weighted by Crippen LogP contribution is 2.29. The van der Waals surface area contributed by atoms with Gasteiger partial charge < -0.3 is 5.73 Å². The van der Waals surface area contributed by atoms with Crippen molar-refractivity contribution in [3.8, 4) is 0 Å². The van der Waals surface area contributed by atoms with Gasteiger partial charge in [0.05, 0.1) is 5.69 Å². The van der Waals surface area contributed by atoms with Gasteiger partial charge in [0.15, 0.2) is 0 Å². The third kappa shape index (κ3) is 3.40. The molecule has 2 N–H and O–H groups in total. The van der Waals surface area contributed by atoms with Crippen molar-refractivity contribution in [1.82, 2.24) is 14.7 Å². The molecule has 0 aromatic carbocycles. The molecular weight excluding hydrogens is 262 g/mol. The third-order valence-corrected chi connectivity index (χ3v) is 3.38. The number of nitrogens with two attached hydrogens (primary N) is 1. The number of hydrogen-bond donors (Lipinski definition) is 1. The quantitative estimate of drug-likeness (QED) is 0.916. The fourth-order valence-corrected chi connectivity index (χ4v) is 2.23. The Morgan fingerprint density at radius 2 is 2.28 bits per heavy atom. The summed E-state index contributed by atoms with van der Waals surface area (Å²) in [5.41, 5.74) is 6.57. The largest absolute Gasteiger partial charge is 0.333 e. The number of rotatable bonds is 4. The van der Waals surface area contributed by atoms with Gasteiger partial charge in [0.1, 0.15) is 0 Å². The minimum absolute atomic E-state index is 0. The van der Waals surface area contributed by atoms with Crippen molar-refractivity contribution in [2.45, 2.75) is 26.4 Å². The van der Waals surface area contributed by atoms with E-state index in [0.29, 0.717) is 23.5 Å². The zero-order chi connectivity index (χ0) is 12.5. The summed E-state index contributed by atoms with van der Waals surface area (Å²) < 4.78 is 25.4. The second-order valence-electron chi connectivity index (χ2n) is 5.04. The zero-order valence-corrected chi connectivity index (χ0v) is 11.2. The van der Waals surface area contributed by atoms with Crippen LogP contribution in [0, 0.1) is 5.41 Å². The summed E-state index contributed by atoms with van der Waals surface area (Å²) in [5, 5.41) is 3.84. The van der Waals surface area contributed by atoms with E-state index in [9.17, 15) is 8.78 Å². The van der Waals surface area contributed by atoms with Crippen molar-refractivity contribution in [1.29, 1.82) is 0 Å². The second-order valence-corrected chi connectivity index (χ2v) is 5.04. The lowest BCUT2D eigenvalue weighted by Crippen LogP contribution is -2.31. The minimum Gasteiger partial charge on any atom is -0.330 e. The summed E-state index contributed by atoms with van der Waals surface area (Å²) in [7, 11) is 0. The maximum Gasteiger partial charge on any atom is 0.333 e. The monoisotopic (exact) mass is 280 g/mol. The molecule has 1 aromatic heterocycles. The molecule has 1 saturated heterocycles. The zero-order valence-electron chi connectivity index (χ0n) is 10.4. The predicted molar refractivity (Wildman–Crippen MR) is 67.8 cm³/mol. The van der Waals surface area contributed by atoms with Crippen LogP contribution in [-0.2, 0) is 6.54 Å². The molecular formula is C11H19ClF2N4. The summed E-state index contributed by atoms with van der Waals surface area (Å²) in [5.74, 6) is 0. The fraction of sp³-hybridized carbons (Fsp3) is 0.727. The molecule has 1 aliphatic heterocycles. The van der Waals surface area contributed by atoms with Gasteiger partial charge in [-0.25, -0.2) is 4.68 Å². The van der Waals surface area contributed by atoms with Crippen LogP contribution in [-0.4, -0.2) is 34.3 Å². The first-order chi connectivity index (χ1) is 8.02. The molecule has 0 amide bonds. The first-order valence-corrected chi connectivity index (χ1v) is 5.77. The molecule has 104 valence electrons. The van der Waals surface area contributed by atoms with E-state index in [1.54, 1.807) is 6.07 Å². The Labute approximate surface area is 112 Å². The molecule has 4 nitrogen and oxygen atoms in total. The van der Waals surface area contributed by atoms with Crippen LogP contribution < -0.4 is 5.73 Å². The number of likely N-dealkylation sites (tertiary alicyclic amines) is 1. The van der Waals surface area contributed by atoms with Gasteiger partial charge in [0.25, 0.3) is 0 Å². The predicted octanol–water partition coefficient (Wildman–Crippen LogP) is 1.87. The highest BCUT2D eigenvalue weighted by atomic mass is 35.5. The van der Waals surface area contributed by atoms with Crippen LogP contribution in [0.3, 0.4) is 0 Å². The molecule has 7 heteroatoms. The van der Waals surface area contributed by atoms with Gasteiger partial charge in [0, 0.05) is 19.3 Å². The molecule has 1 aliphatic rings. The Morgan fingerprint density at radius 3 is 2.78 bits per heavy atom. The number of alkyl halides is 2. The van der Waals surface area contributed by atoms with Crippen molar-refractivity contribution in [2.24, 2.45) is 11.1 Å². The maximum absolute atomic E-state index is 12.3. The fourth-order valence-electron chi connectivity index (χ4n) is 2.23. The van der Waals surface area contributed by atoms with Crippen LogP contribution in [0.15, 0.2) is 12.3 Å². The molecule has 1 aromatic rings. The van der Waals surface area contributed by atoms with E-state index in [4.69, 9.17) is 5.73 Å². The van der Waals surface area contributed by atoms with Crippen molar-refractivity contribution < 1.29 is 8.78 Å². The summed E-state index contributed by atoms with van der Waals surface area (Å²) >= 11 is 0. The topological polar surface area (TPSA) is 47.1 Å². The molecule has 0 spiro atoms. The molecule has 0 aliphatic carbocycles. The van der Waals surface area contributed by atoms with Gasteiger partial charge in [-0.2, -0.15) is 13.9 Å². The molecule has 1 atom stereocenters. The molecule has 2 rings (SSSR count). The molecule has 0 saturated carbocycles. The van der Waals surface area contributed by atoms with Crippen LogP contribution in [0.1, 0.15) is 25.6 Å². The SMILES string of the molecule is CC1(CN)CCN(Cc2ccn(C(F)F)n2)C1.Cl. The molecule has 0 bridgehead atoms.